The quantitative estimate of drug-likeness (QED) is 0.551. The first-order chi connectivity index (χ1) is 10.1. The second kappa shape index (κ2) is 7.22. The van der Waals surface area contributed by atoms with Crippen LogP contribution in [-0.2, 0) is 4.79 Å². The molecule has 118 valence electrons. The fourth-order valence-corrected chi connectivity index (χ4v) is 3.50. The molecular weight excluding hydrogens is 288 g/mol. The van der Waals surface area contributed by atoms with Gasteiger partial charge in [-0.2, -0.15) is 0 Å². The minimum atomic E-state index is -0.641. The van der Waals surface area contributed by atoms with Crippen molar-refractivity contribution in [1.29, 1.82) is 0 Å². The van der Waals surface area contributed by atoms with E-state index in [2.05, 4.69) is 20.8 Å². The Hall–Kier alpha value is -1.15. The summed E-state index contributed by atoms with van der Waals surface area (Å²) in [7, 11) is 1.76. The summed E-state index contributed by atoms with van der Waals surface area (Å²) >= 11 is 1.65. The predicted octanol–water partition coefficient (Wildman–Crippen LogP) is 1.12. The lowest BCUT2D eigenvalue weighted by atomic mass is 9.96. The maximum absolute atomic E-state index is 11.4. The van der Waals surface area contributed by atoms with E-state index in [0.29, 0.717) is 12.5 Å². The zero-order chi connectivity index (χ0) is 15.3. The van der Waals surface area contributed by atoms with Crippen molar-refractivity contribution in [3.63, 3.8) is 0 Å². The Bertz CT molecular complexity index is 473. The van der Waals surface area contributed by atoms with Gasteiger partial charge < -0.3 is 11.1 Å². The van der Waals surface area contributed by atoms with Crippen molar-refractivity contribution in [3.05, 3.63) is 0 Å². The number of thioether (sulfide) groups is 1. The van der Waals surface area contributed by atoms with Crippen molar-refractivity contribution >= 4 is 17.7 Å². The van der Waals surface area contributed by atoms with E-state index < -0.39 is 5.54 Å². The standard InChI is InChI=1S/C13H24N6OS/c1-13(15-2,11(14)20)8-5-9-21-12-16-17-18-19(12)10-6-3-4-7-10/h10,15H,3-9H2,1-2H3,(H2,14,20). The molecule has 2 rings (SSSR count). The Labute approximate surface area is 129 Å². The average molecular weight is 312 g/mol. The van der Waals surface area contributed by atoms with Gasteiger partial charge in [0.1, 0.15) is 0 Å². The third kappa shape index (κ3) is 3.94. The number of nitrogens with one attached hydrogen (secondary N) is 1. The molecule has 1 amide bonds. The molecule has 0 aliphatic heterocycles. The van der Waals surface area contributed by atoms with Gasteiger partial charge in [-0.15, -0.1) is 5.10 Å². The number of hydrogen-bond donors (Lipinski definition) is 2. The van der Waals surface area contributed by atoms with Crippen LogP contribution in [0.15, 0.2) is 5.16 Å². The van der Waals surface area contributed by atoms with E-state index in [4.69, 9.17) is 5.73 Å². The molecule has 1 unspecified atom stereocenters. The fraction of sp³-hybridized carbons (Fsp3) is 0.846. The summed E-state index contributed by atoms with van der Waals surface area (Å²) in [6.45, 7) is 1.84. The van der Waals surface area contributed by atoms with Crippen molar-refractivity contribution in [1.82, 2.24) is 25.5 Å². The van der Waals surface area contributed by atoms with Crippen molar-refractivity contribution in [2.24, 2.45) is 5.73 Å². The molecule has 1 aliphatic carbocycles. The highest BCUT2D eigenvalue weighted by Gasteiger charge is 2.28. The number of nitrogens with two attached hydrogens (primary N) is 1. The molecule has 0 saturated heterocycles. The van der Waals surface area contributed by atoms with Crippen LogP contribution in [0.1, 0.15) is 51.5 Å². The molecule has 1 saturated carbocycles. The summed E-state index contributed by atoms with van der Waals surface area (Å²) in [4.78, 5) is 11.4. The number of nitrogens with zero attached hydrogens (tertiary/aromatic N) is 4. The molecule has 21 heavy (non-hydrogen) atoms. The molecule has 1 aromatic heterocycles. The highest BCUT2D eigenvalue weighted by Crippen LogP contribution is 2.31. The molecule has 8 heteroatoms. The summed E-state index contributed by atoms with van der Waals surface area (Å²) in [5.41, 5.74) is 4.78. The van der Waals surface area contributed by atoms with Crippen LogP contribution in [0.25, 0.3) is 0 Å². The molecule has 0 radical (unpaired) electrons. The molecule has 1 aliphatic rings. The number of aromatic nitrogens is 4. The molecule has 1 heterocycles. The van der Waals surface area contributed by atoms with Crippen molar-refractivity contribution < 1.29 is 4.79 Å². The maximum atomic E-state index is 11.4. The fourth-order valence-electron chi connectivity index (χ4n) is 2.62. The Kier molecular flexibility index (Phi) is 5.58. The number of rotatable bonds is 8. The SMILES string of the molecule is CNC(C)(CCCSc1nnnn1C1CCCC1)C(N)=O. The van der Waals surface area contributed by atoms with E-state index >= 15 is 0 Å². The smallest absolute Gasteiger partial charge is 0.237 e. The first-order valence-corrected chi connectivity index (χ1v) is 8.45. The van der Waals surface area contributed by atoms with Gasteiger partial charge in [0.25, 0.3) is 0 Å². The monoisotopic (exact) mass is 312 g/mol. The van der Waals surface area contributed by atoms with E-state index in [1.54, 1.807) is 18.8 Å². The van der Waals surface area contributed by atoms with Gasteiger partial charge >= 0.3 is 0 Å². The Balaban J connectivity index is 1.81. The molecule has 7 nitrogen and oxygen atoms in total. The summed E-state index contributed by atoms with van der Waals surface area (Å²) in [6, 6.07) is 0.454. The average Bonchev–Trinajstić information content (AvgIpc) is 3.13. The van der Waals surface area contributed by atoms with Crippen molar-refractivity contribution in [2.45, 2.75) is 62.2 Å². The Morgan fingerprint density at radius 3 is 2.86 bits per heavy atom. The molecule has 1 fully saturated rings. The molecule has 1 aromatic rings. The molecular formula is C13H24N6OS. The van der Waals surface area contributed by atoms with Gasteiger partial charge in [-0.3, -0.25) is 4.79 Å². The first-order valence-electron chi connectivity index (χ1n) is 7.46. The van der Waals surface area contributed by atoms with Crippen molar-refractivity contribution in [3.8, 4) is 0 Å². The number of likely N-dealkylation sites (N-methyl/N-ethyl adjacent to an activating group) is 1. The minimum absolute atomic E-state index is 0.314. The largest absolute Gasteiger partial charge is 0.368 e. The van der Waals surface area contributed by atoms with Crippen LogP contribution < -0.4 is 11.1 Å². The Morgan fingerprint density at radius 2 is 2.24 bits per heavy atom. The van der Waals surface area contributed by atoms with Gasteiger partial charge in [-0.25, -0.2) is 4.68 Å². The van der Waals surface area contributed by atoms with Crippen LogP contribution in [-0.4, -0.2) is 44.5 Å². The summed E-state index contributed by atoms with van der Waals surface area (Å²) in [5.74, 6) is 0.559. The van der Waals surface area contributed by atoms with Crippen LogP contribution >= 0.6 is 11.8 Å². The van der Waals surface area contributed by atoms with E-state index in [-0.39, 0.29) is 5.91 Å². The third-order valence-corrected chi connectivity index (χ3v) is 5.30. The zero-order valence-electron chi connectivity index (χ0n) is 12.7. The Morgan fingerprint density at radius 1 is 1.52 bits per heavy atom. The molecule has 0 bridgehead atoms. The number of hydrogen-bond acceptors (Lipinski definition) is 6. The van der Waals surface area contributed by atoms with Gasteiger partial charge in [0.05, 0.1) is 11.6 Å². The number of primary amides is 1. The highest BCUT2D eigenvalue weighted by atomic mass is 32.2. The summed E-state index contributed by atoms with van der Waals surface area (Å²) < 4.78 is 1.96. The number of tetrazole rings is 1. The lowest BCUT2D eigenvalue weighted by molar-refractivity contribution is -0.123. The van der Waals surface area contributed by atoms with Gasteiger partial charge in [-0.05, 0) is 50.1 Å². The topological polar surface area (TPSA) is 98.7 Å². The number of carbonyl (C=O) groups excluding carboxylic acids is 1. The van der Waals surface area contributed by atoms with Gasteiger partial charge in [0.2, 0.25) is 11.1 Å². The van der Waals surface area contributed by atoms with Crippen LogP contribution in [0.5, 0.6) is 0 Å². The minimum Gasteiger partial charge on any atom is -0.368 e. The predicted molar refractivity (Wildman–Crippen MR) is 81.9 cm³/mol. The van der Waals surface area contributed by atoms with Gasteiger partial charge in [-0.1, -0.05) is 24.6 Å². The zero-order valence-corrected chi connectivity index (χ0v) is 13.5. The van der Waals surface area contributed by atoms with E-state index in [1.165, 1.54) is 12.8 Å². The van der Waals surface area contributed by atoms with Crippen LogP contribution in [0, 0.1) is 0 Å². The van der Waals surface area contributed by atoms with Crippen LogP contribution in [0.3, 0.4) is 0 Å². The third-order valence-electron chi connectivity index (χ3n) is 4.28. The van der Waals surface area contributed by atoms with Gasteiger partial charge in [0.15, 0.2) is 0 Å². The van der Waals surface area contributed by atoms with Crippen molar-refractivity contribution in [2.75, 3.05) is 12.8 Å². The van der Waals surface area contributed by atoms with E-state index in [1.807, 2.05) is 11.6 Å². The molecule has 0 aromatic carbocycles. The number of amides is 1. The lowest BCUT2D eigenvalue weighted by Gasteiger charge is -2.25. The first kappa shape index (κ1) is 16.2. The highest BCUT2D eigenvalue weighted by molar-refractivity contribution is 7.99. The summed E-state index contributed by atoms with van der Waals surface area (Å²) in [5, 5.41) is 15.9. The normalized spacial score (nSPS) is 18.8. The lowest BCUT2D eigenvalue weighted by Crippen LogP contribution is -2.51. The van der Waals surface area contributed by atoms with Gasteiger partial charge in [0, 0.05) is 5.75 Å². The molecule has 1 atom stereocenters. The van der Waals surface area contributed by atoms with E-state index in [9.17, 15) is 4.79 Å². The molecule has 0 spiro atoms. The maximum Gasteiger partial charge on any atom is 0.237 e. The second-order valence-electron chi connectivity index (χ2n) is 5.74. The van der Waals surface area contributed by atoms with Crippen LogP contribution in [0.2, 0.25) is 0 Å². The molecule has 3 N–H and O–H groups in total. The second-order valence-corrected chi connectivity index (χ2v) is 6.80. The summed E-state index contributed by atoms with van der Waals surface area (Å²) in [6.07, 6.45) is 6.43. The number of carbonyl (C=O) groups is 1. The van der Waals surface area contributed by atoms with E-state index in [0.717, 1.165) is 30.2 Å². The van der Waals surface area contributed by atoms with Crippen LogP contribution in [0.4, 0.5) is 0 Å².